The summed E-state index contributed by atoms with van der Waals surface area (Å²) in [6, 6.07) is 49.5. The third-order valence-corrected chi connectivity index (χ3v) is 28.1. The number of pyridine rings is 2. The number of H-pyrrole nitrogens is 1. The Morgan fingerprint density at radius 3 is 1.36 bits per heavy atom. The number of carbonyl (C=O) groups is 4. The normalized spacial score (nSPS) is 11.1. The number of fused-ring (bicyclic) bond motifs is 2. The number of carbonyl (C=O) groups excluding carboxylic acids is 4. The molecule has 1 atom stereocenters. The summed E-state index contributed by atoms with van der Waals surface area (Å²) in [7, 11) is 9.54. The monoisotopic (exact) mass is 1910 g/mol. The van der Waals surface area contributed by atoms with E-state index in [0.717, 1.165) is 62.4 Å². The molecule has 9 N–H and O–H groups in total. The van der Waals surface area contributed by atoms with Gasteiger partial charge in [-0.1, -0.05) is 183 Å². The lowest BCUT2D eigenvalue weighted by atomic mass is 10.1. The standard InChI is InChI=1S/C19H17Cl2N5O.C16H24ClIN2Si.C13H14ClN3O2.C12H14ClN3O.C12H12ClN3O.C7H5ClO.C6H9N3O2/c1-26-16(7-17(25-26)22-8-11-3-2-4-12(20)5-11)18(27)15-10-24-19-14(15)6-13(21)9-23-19;1-10(2)21(11(3)4,12(5)6)20-9-15(18)14-7-13(17)8-19-16(14)20;1-17-11(13(18)19-2)7-12(16-17)15-8-9-4-3-5-10(14)6-9;2*1-16-11(8-17)6-12(15-16)14-7-9-3-2-4-10(13)5-9;8-7-3-1-2-6(4-7)5-9;1-9-4(6(10)11-2)3-5(7)8-9/h2-7,9-10,18,27H,8H2,1H3,(H,22,25)(H,23,24);7-12H,1-6H3;3-7H,8H2,1-2H3,(H,15,16);2-6,17H,7-8H2,1H3,(H,14,15);2-6,8H,7H2,1H3,(H,14,15);1-5H;3H,1-2H3,(H2,7,8). The van der Waals surface area contributed by atoms with E-state index in [-0.39, 0.29) is 6.61 Å². The highest BCUT2D eigenvalue weighted by Crippen LogP contribution is 2.45. The summed E-state index contributed by atoms with van der Waals surface area (Å²) < 4.78 is 20.6. The van der Waals surface area contributed by atoms with Crippen molar-refractivity contribution < 1.29 is 38.9 Å². The largest absolute Gasteiger partial charge is 0.464 e. The van der Waals surface area contributed by atoms with Gasteiger partial charge in [0, 0.05) is 167 Å². The summed E-state index contributed by atoms with van der Waals surface area (Å²) in [4.78, 5) is 55.1. The van der Waals surface area contributed by atoms with Crippen LogP contribution in [0.2, 0.25) is 51.8 Å². The number of ether oxygens (including phenoxy) is 2. The summed E-state index contributed by atoms with van der Waals surface area (Å²) in [5.41, 5.74) is 17.4. The van der Waals surface area contributed by atoms with Gasteiger partial charge in [0.2, 0.25) is 0 Å². The van der Waals surface area contributed by atoms with E-state index in [1.54, 1.807) is 106 Å². The molecule has 0 bridgehead atoms. The molecule has 14 aromatic rings. The predicted octanol–water partition coefficient (Wildman–Crippen LogP) is 19.7. The quantitative estimate of drug-likeness (QED) is 0.0128. The van der Waals surface area contributed by atoms with Gasteiger partial charge in [0.15, 0.2) is 14.5 Å². The number of nitrogens with one attached hydrogen (secondary N) is 5. The van der Waals surface area contributed by atoms with Crippen LogP contribution in [0.1, 0.15) is 129 Å². The van der Waals surface area contributed by atoms with Gasteiger partial charge in [0.05, 0.1) is 42.3 Å². The number of aldehydes is 2. The maximum absolute atomic E-state index is 11.4. The Hall–Kier alpha value is -10.3. The van der Waals surface area contributed by atoms with E-state index in [9.17, 15) is 24.3 Å². The minimum atomic E-state index is -1.76. The molecule has 121 heavy (non-hydrogen) atoms. The Morgan fingerprint density at radius 2 is 0.934 bits per heavy atom. The summed E-state index contributed by atoms with van der Waals surface area (Å²) in [5, 5.41) is 60.0. The smallest absolute Gasteiger partial charge is 0.356 e. The molecule has 36 heteroatoms. The topological polar surface area (TPSA) is 337 Å². The molecule has 9 aromatic heterocycles. The number of methoxy groups -OCH3 is 2. The number of nitrogens with two attached hydrogens (primary N) is 1. The molecule has 27 nitrogen and oxygen atoms in total. The van der Waals surface area contributed by atoms with E-state index >= 15 is 0 Å². The lowest BCUT2D eigenvalue weighted by Gasteiger charge is -2.44. The second-order valence-electron chi connectivity index (χ2n) is 28.2. The molecule has 0 amide bonds. The van der Waals surface area contributed by atoms with Gasteiger partial charge in [-0.3, -0.25) is 33.0 Å². The van der Waals surface area contributed by atoms with Gasteiger partial charge < -0.3 is 55.9 Å². The third kappa shape index (κ3) is 27.1. The number of aliphatic hydroxyl groups is 2. The maximum Gasteiger partial charge on any atom is 0.356 e. The van der Waals surface area contributed by atoms with Crippen LogP contribution in [0.15, 0.2) is 189 Å². The van der Waals surface area contributed by atoms with Crippen molar-refractivity contribution in [2.75, 3.05) is 41.2 Å². The average Bonchev–Trinajstić information content (AvgIpc) is 1.51. The highest BCUT2D eigenvalue weighted by Gasteiger charge is 2.46. The average molecular weight is 1910 g/mol. The number of aryl methyl sites for hydroxylation is 5. The van der Waals surface area contributed by atoms with Crippen LogP contribution in [0, 0.1) is 3.57 Å². The van der Waals surface area contributed by atoms with Gasteiger partial charge in [-0.15, -0.1) is 0 Å². The molecule has 0 aliphatic heterocycles. The summed E-state index contributed by atoms with van der Waals surface area (Å²) in [6.45, 7) is 16.7. The van der Waals surface area contributed by atoms with Gasteiger partial charge in [-0.05, 0) is 134 Å². The number of aliphatic hydroxyl groups excluding tert-OH is 2. The molecule has 1 unspecified atom stereocenters. The molecule has 5 aromatic carbocycles. The van der Waals surface area contributed by atoms with E-state index in [0.29, 0.717) is 136 Å². The number of nitrogens with zero attached hydrogens (tertiary/aromatic N) is 13. The molecule has 14 rings (SSSR count). The van der Waals surface area contributed by atoms with Gasteiger partial charge in [-0.2, -0.15) is 25.5 Å². The van der Waals surface area contributed by atoms with Crippen LogP contribution in [0.5, 0.6) is 0 Å². The number of esters is 2. The van der Waals surface area contributed by atoms with Crippen LogP contribution >= 0.6 is 104 Å². The fourth-order valence-corrected chi connectivity index (χ4v) is 22.2. The number of aromatic nitrogens is 14. The fraction of sp³-hybridized carbons (Fsp3) is 0.259. The first-order valence-electron chi connectivity index (χ1n) is 37.6. The van der Waals surface area contributed by atoms with E-state index in [1.165, 1.54) is 43.3 Å². The molecule has 638 valence electrons. The first-order chi connectivity index (χ1) is 57.7. The van der Waals surface area contributed by atoms with Crippen molar-refractivity contribution in [3.05, 3.63) is 289 Å². The van der Waals surface area contributed by atoms with Crippen molar-refractivity contribution in [2.24, 2.45) is 35.2 Å². The van der Waals surface area contributed by atoms with Crippen LogP contribution < -0.4 is 27.0 Å². The molecular weight excluding hydrogens is 1820 g/mol. The molecule has 0 fully saturated rings. The number of anilines is 5. The van der Waals surface area contributed by atoms with Crippen molar-refractivity contribution in [1.82, 2.24) is 68.1 Å². The Morgan fingerprint density at radius 1 is 0.512 bits per heavy atom. The Balaban J connectivity index is 0.000000179. The highest BCUT2D eigenvalue weighted by molar-refractivity contribution is 14.1. The first kappa shape index (κ1) is 96.2. The summed E-state index contributed by atoms with van der Waals surface area (Å²) in [6.07, 6.45) is 8.07. The fourth-order valence-electron chi connectivity index (χ4n) is 13.4. The van der Waals surface area contributed by atoms with E-state index in [1.807, 2.05) is 115 Å². The van der Waals surface area contributed by atoms with Gasteiger partial charge >= 0.3 is 11.9 Å². The van der Waals surface area contributed by atoms with E-state index in [2.05, 4.69) is 146 Å². The maximum atomic E-state index is 11.4. The number of nitrogen functional groups attached to an aromatic ring is 1. The second kappa shape index (κ2) is 46.1. The van der Waals surface area contributed by atoms with Crippen molar-refractivity contribution >= 4 is 188 Å². The molecule has 9 heterocycles. The van der Waals surface area contributed by atoms with E-state index in [4.69, 9.17) is 92.0 Å². The highest BCUT2D eigenvalue weighted by atomic mass is 127. The van der Waals surface area contributed by atoms with Crippen LogP contribution in [-0.2, 0) is 77.5 Å². The summed E-state index contributed by atoms with van der Waals surface area (Å²) in [5.74, 6) is 2.17. The molecule has 0 radical (unpaired) electrons. The zero-order chi connectivity index (χ0) is 88.4. The Bertz CT molecular complexity index is 5760. The second-order valence-corrected chi connectivity index (χ2v) is 38.1. The Labute approximate surface area is 751 Å². The minimum Gasteiger partial charge on any atom is -0.464 e. The number of halogens is 8. The van der Waals surface area contributed by atoms with Gasteiger partial charge in [0.25, 0.3) is 0 Å². The molecule has 0 spiro atoms. The minimum absolute atomic E-state index is 0.0116. The van der Waals surface area contributed by atoms with Crippen molar-refractivity contribution in [3.63, 3.8) is 0 Å². The predicted molar refractivity (Wildman–Crippen MR) is 495 cm³/mol. The molecule has 0 aliphatic rings. The number of benzene rings is 5. The lowest BCUT2D eigenvalue weighted by Crippen LogP contribution is -2.51. The van der Waals surface area contributed by atoms with Crippen LogP contribution in [0.3, 0.4) is 0 Å². The lowest BCUT2D eigenvalue weighted by molar-refractivity contribution is 0.0579. The number of rotatable bonds is 23. The van der Waals surface area contributed by atoms with Crippen LogP contribution in [0.25, 0.3) is 22.1 Å². The molecule has 0 aliphatic carbocycles. The van der Waals surface area contributed by atoms with Crippen molar-refractivity contribution in [1.29, 1.82) is 0 Å². The zero-order valence-corrected chi connectivity index (χ0v) is 77.1. The summed E-state index contributed by atoms with van der Waals surface area (Å²) >= 11 is 43.9. The van der Waals surface area contributed by atoms with Crippen molar-refractivity contribution in [3.8, 4) is 0 Å². The van der Waals surface area contributed by atoms with Crippen LogP contribution in [0.4, 0.5) is 29.1 Å². The van der Waals surface area contributed by atoms with Gasteiger partial charge in [-0.25, -0.2) is 19.6 Å². The SMILES string of the molecule is CC(C)[Si](C(C)C)(C(C)C)n1cc(I)c2cc(Cl)cnc21.COC(=O)c1cc(N)nn1C.COC(=O)c1cc(NCc2cccc(Cl)c2)nn1C.Cn1nc(NCc2cccc(Cl)c2)cc1C(O)c1c[nH]c2ncc(Cl)cc12.Cn1nc(NCc2cccc(Cl)c2)cc1C=O.Cn1nc(NCc2cccc(Cl)c2)cc1CO.O=Cc1cccc(Cl)c1. The number of hydrogen-bond acceptors (Lipinski definition) is 20. The van der Waals surface area contributed by atoms with E-state index < -0.39 is 26.3 Å². The zero-order valence-electron chi connectivity index (χ0n) is 68.7. The first-order valence-corrected chi connectivity index (χ1v) is 43.5. The number of hydrogen-bond donors (Lipinski definition) is 8. The number of aromatic amines is 1. The van der Waals surface area contributed by atoms with Gasteiger partial charge in [0.1, 0.15) is 69.9 Å². The molecule has 0 saturated heterocycles. The van der Waals surface area contributed by atoms with Crippen molar-refractivity contribution in [2.45, 2.75) is 97.1 Å². The molecule has 0 saturated carbocycles. The Kier molecular flexibility index (Phi) is 36.6. The third-order valence-electron chi connectivity index (χ3n) is 19.0. The molecular formula is C85H95Cl7IN19O8Si. The van der Waals surface area contributed by atoms with Crippen LogP contribution in [-0.4, -0.2) is 125 Å².